The summed E-state index contributed by atoms with van der Waals surface area (Å²) in [5.41, 5.74) is 0. The number of piperidine rings is 1. The monoisotopic (exact) mass is 447 g/mol. The van der Waals surface area contributed by atoms with Crippen LogP contribution >= 0.6 is 0 Å². The van der Waals surface area contributed by atoms with Gasteiger partial charge in [0.1, 0.15) is 24.9 Å². The number of carbonyl (C=O) groups is 2. The molecule has 0 amide bonds. The SMILES string of the molecule is CCC1CCCC(CCCO[C@]2(C(=O)OC)C[C@@H](O)[C@@H](O)C([C@H](O)COC(C)=O)O2)N1. The van der Waals surface area contributed by atoms with Crippen LogP contribution in [-0.2, 0) is 28.5 Å². The molecule has 2 aliphatic rings. The molecule has 31 heavy (non-hydrogen) atoms. The predicted octanol–water partition coefficient (Wildman–Crippen LogP) is 0.00790. The molecule has 2 heterocycles. The minimum Gasteiger partial charge on any atom is -0.465 e. The van der Waals surface area contributed by atoms with Gasteiger partial charge in [-0.25, -0.2) is 4.79 Å². The number of ether oxygens (including phenoxy) is 4. The molecule has 4 N–H and O–H groups in total. The molecule has 0 spiro atoms. The number of hydrogen-bond donors (Lipinski definition) is 4. The van der Waals surface area contributed by atoms with E-state index < -0.39 is 48.7 Å². The highest BCUT2D eigenvalue weighted by Gasteiger charge is 2.55. The molecule has 0 saturated carbocycles. The van der Waals surface area contributed by atoms with Crippen molar-refractivity contribution in [2.45, 2.75) is 101 Å². The predicted molar refractivity (Wildman–Crippen MR) is 109 cm³/mol. The van der Waals surface area contributed by atoms with E-state index in [2.05, 4.69) is 12.2 Å². The Kier molecular flexibility index (Phi) is 10.1. The number of aliphatic hydroxyl groups is 3. The number of aliphatic hydroxyl groups excluding tert-OH is 3. The van der Waals surface area contributed by atoms with E-state index >= 15 is 0 Å². The van der Waals surface area contributed by atoms with Crippen LogP contribution in [0.25, 0.3) is 0 Å². The summed E-state index contributed by atoms with van der Waals surface area (Å²) >= 11 is 0. The molecule has 0 radical (unpaired) electrons. The van der Waals surface area contributed by atoms with Gasteiger partial charge < -0.3 is 39.6 Å². The number of hydrogen-bond acceptors (Lipinski definition) is 10. The van der Waals surface area contributed by atoms with Gasteiger partial charge in [0.05, 0.1) is 19.8 Å². The van der Waals surface area contributed by atoms with Gasteiger partial charge in [-0.3, -0.25) is 4.79 Å². The maximum atomic E-state index is 12.5. The van der Waals surface area contributed by atoms with Crippen LogP contribution in [-0.4, -0.2) is 89.9 Å². The van der Waals surface area contributed by atoms with Crippen LogP contribution in [0.1, 0.15) is 58.8 Å². The third-order valence-electron chi connectivity index (χ3n) is 5.97. The second-order valence-corrected chi connectivity index (χ2v) is 8.35. The third kappa shape index (κ3) is 7.10. The molecule has 0 aromatic heterocycles. The minimum absolute atomic E-state index is 0.166. The molecule has 0 aliphatic carbocycles. The van der Waals surface area contributed by atoms with Crippen molar-refractivity contribution in [3.63, 3.8) is 0 Å². The van der Waals surface area contributed by atoms with Crippen molar-refractivity contribution in [1.29, 1.82) is 0 Å². The van der Waals surface area contributed by atoms with Gasteiger partial charge in [-0.05, 0) is 32.1 Å². The van der Waals surface area contributed by atoms with E-state index in [1.165, 1.54) is 19.8 Å². The van der Waals surface area contributed by atoms with Crippen LogP contribution in [0.3, 0.4) is 0 Å². The third-order valence-corrected chi connectivity index (χ3v) is 5.97. The Hall–Kier alpha value is -1.30. The second-order valence-electron chi connectivity index (χ2n) is 8.35. The van der Waals surface area contributed by atoms with Crippen molar-refractivity contribution in [2.24, 2.45) is 0 Å². The first kappa shape index (κ1) is 26.0. The van der Waals surface area contributed by atoms with Gasteiger partial charge in [0.25, 0.3) is 5.79 Å². The fourth-order valence-corrected chi connectivity index (χ4v) is 4.22. The highest BCUT2D eigenvalue weighted by atomic mass is 16.7. The fourth-order valence-electron chi connectivity index (χ4n) is 4.22. The Bertz CT molecular complexity index is 589. The maximum absolute atomic E-state index is 12.5. The standard InChI is InChI=1S/C21H37NO9/c1-4-14-7-5-8-15(22-14)9-6-10-30-21(20(27)28-3)11-16(24)18(26)19(31-21)17(25)12-29-13(2)23/h14-19,22,24-26H,4-12H2,1-3H3/t14?,15?,16-,17-,18-,19?,21-/m1/s1. The fraction of sp³-hybridized carbons (Fsp3) is 0.905. The number of carbonyl (C=O) groups excluding carboxylic acids is 2. The molecule has 7 atom stereocenters. The van der Waals surface area contributed by atoms with Crippen molar-refractivity contribution in [3.05, 3.63) is 0 Å². The molecule has 10 heteroatoms. The van der Waals surface area contributed by atoms with Gasteiger partial charge in [0.15, 0.2) is 0 Å². The van der Waals surface area contributed by atoms with Crippen molar-refractivity contribution in [2.75, 3.05) is 20.3 Å². The average molecular weight is 448 g/mol. The van der Waals surface area contributed by atoms with Crippen LogP contribution in [0.4, 0.5) is 0 Å². The van der Waals surface area contributed by atoms with Gasteiger partial charge in [0, 0.05) is 25.4 Å². The zero-order valence-electron chi connectivity index (χ0n) is 18.6. The van der Waals surface area contributed by atoms with Crippen LogP contribution < -0.4 is 5.32 Å². The lowest BCUT2D eigenvalue weighted by atomic mass is 9.92. The van der Waals surface area contributed by atoms with E-state index in [0.29, 0.717) is 18.5 Å². The van der Waals surface area contributed by atoms with E-state index in [1.54, 1.807) is 0 Å². The lowest BCUT2D eigenvalue weighted by Gasteiger charge is -2.44. The van der Waals surface area contributed by atoms with Crippen LogP contribution in [0.15, 0.2) is 0 Å². The number of nitrogens with one attached hydrogen (secondary N) is 1. The van der Waals surface area contributed by atoms with Gasteiger partial charge >= 0.3 is 11.9 Å². The largest absolute Gasteiger partial charge is 0.465 e. The first-order valence-electron chi connectivity index (χ1n) is 11.1. The lowest BCUT2D eigenvalue weighted by Crippen LogP contribution is -2.63. The summed E-state index contributed by atoms with van der Waals surface area (Å²) in [6, 6.07) is 0.910. The van der Waals surface area contributed by atoms with Gasteiger partial charge in [-0.2, -0.15) is 0 Å². The van der Waals surface area contributed by atoms with E-state index in [-0.39, 0.29) is 13.0 Å². The molecule has 2 rings (SSSR count). The summed E-state index contributed by atoms with van der Waals surface area (Å²) in [5.74, 6) is -3.46. The maximum Gasteiger partial charge on any atom is 0.366 e. The Morgan fingerprint density at radius 1 is 1.26 bits per heavy atom. The summed E-state index contributed by atoms with van der Waals surface area (Å²) in [6.45, 7) is 3.04. The Labute approximate surface area is 183 Å². The molecular formula is C21H37NO9. The molecule has 2 fully saturated rings. The van der Waals surface area contributed by atoms with Crippen LogP contribution in [0.2, 0.25) is 0 Å². The van der Waals surface area contributed by atoms with Crippen molar-refractivity contribution < 1.29 is 43.9 Å². The van der Waals surface area contributed by atoms with E-state index in [9.17, 15) is 24.9 Å². The number of rotatable bonds is 10. The smallest absolute Gasteiger partial charge is 0.366 e. The molecule has 2 aliphatic heterocycles. The molecular weight excluding hydrogens is 410 g/mol. The van der Waals surface area contributed by atoms with E-state index in [4.69, 9.17) is 18.9 Å². The second kappa shape index (κ2) is 12.1. The Morgan fingerprint density at radius 2 is 1.97 bits per heavy atom. The van der Waals surface area contributed by atoms with Crippen molar-refractivity contribution in [3.8, 4) is 0 Å². The molecule has 2 saturated heterocycles. The molecule has 3 unspecified atom stereocenters. The quantitative estimate of drug-likeness (QED) is 0.267. The van der Waals surface area contributed by atoms with Crippen molar-refractivity contribution in [1.82, 2.24) is 5.32 Å². The number of methoxy groups -OCH3 is 1. The number of esters is 2. The summed E-state index contributed by atoms with van der Waals surface area (Å²) in [6.07, 6.45) is -0.0952. The molecule has 0 aromatic rings. The summed E-state index contributed by atoms with van der Waals surface area (Å²) in [5, 5.41) is 34.5. The molecule has 0 aromatic carbocycles. The molecule has 0 bridgehead atoms. The highest BCUT2D eigenvalue weighted by molar-refractivity contribution is 5.78. The van der Waals surface area contributed by atoms with Gasteiger partial charge in [0.2, 0.25) is 0 Å². The highest BCUT2D eigenvalue weighted by Crippen LogP contribution is 2.34. The lowest BCUT2D eigenvalue weighted by molar-refractivity contribution is -0.324. The Balaban J connectivity index is 1.99. The summed E-state index contributed by atoms with van der Waals surface area (Å²) in [7, 11) is 1.16. The molecule has 10 nitrogen and oxygen atoms in total. The van der Waals surface area contributed by atoms with E-state index in [1.807, 2.05) is 0 Å². The Morgan fingerprint density at radius 3 is 2.61 bits per heavy atom. The van der Waals surface area contributed by atoms with Crippen LogP contribution in [0, 0.1) is 0 Å². The zero-order chi connectivity index (χ0) is 23.0. The zero-order valence-corrected chi connectivity index (χ0v) is 18.6. The van der Waals surface area contributed by atoms with Gasteiger partial charge in [-0.15, -0.1) is 0 Å². The first-order valence-corrected chi connectivity index (χ1v) is 11.1. The minimum atomic E-state index is -1.97. The molecule has 180 valence electrons. The van der Waals surface area contributed by atoms with Crippen LogP contribution in [0.5, 0.6) is 0 Å². The summed E-state index contributed by atoms with van der Waals surface area (Å²) < 4.78 is 21.0. The topological polar surface area (TPSA) is 144 Å². The average Bonchev–Trinajstić information content (AvgIpc) is 2.76. The first-order chi connectivity index (χ1) is 14.7. The van der Waals surface area contributed by atoms with E-state index in [0.717, 1.165) is 26.4 Å². The summed E-state index contributed by atoms with van der Waals surface area (Å²) in [4.78, 5) is 23.5. The normalized spacial score (nSPS) is 34.7. The van der Waals surface area contributed by atoms with Crippen molar-refractivity contribution >= 4 is 11.9 Å². The van der Waals surface area contributed by atoms with Gasteiger partial charge in [-0.1, -0.05) is 13.3 Å².